The zero-order valence-electron chi connectivity index (χ0n) is 15.9. The molecule has 31 heavy (non-hydrogen) atoms. The number of thioether (sulfide) groups is 1. The molecule has 3 aromatic carbocycles. The van der Waals surface area contributed by atoms with Crippen molar-refractivity contribution in [3.05, 3.63) is 86.8 Å². The molecular weight excluding hydrogens is 564 g/mol. The van der Waals surface area contributed by atoms with Crippen LogP contribution in [0.25, 0.3) is 17.1 Å². The van der Waals surface area contributed by atoms with Gasteiger partial charge in [0.25, 0.3) is 0 Å². The molecule has 156 valence electrons. The highest BCUT2D eigenvalue weighted by Gasteiger charge is 2.17. The first kappa shape index (κ1) is 22.1. The number of para-hydroxylation sites is 1. The maximum Gasteiger partial charge on any atom is 0.234 e. The lowest BCUT2D eigenvalue weighted by Crippen LogP contribution is -2.15. The van der Waals surface area contributed by atoms with E-state index in [1.54, 1.807) is 0 Å². The number of amides is 1. The quantitative estimate of drug-likeness (QED) is 0.255. The molecule has 0 spiro atoms. The predicted molar refractivity (Wildman–Crippen MR) is 133 cm³/mol. The highest BCUT2D eigenvalue weighted by molar-refractivity contribution is 9.11. The molecule has 0 aliphatic heterocycles. The summed E-state index contributed by atoms with van der Waals surface area (Å²) >= 11 is 14.2. The minimum Gasteiger partial charge on any atom is -0.324 e. The largest absolute Gasteiger partial charge is 0.324 e. The molecule has 1 heterocycles. The van der Waals surface area contributed by atoms with Gasteiger partial charge in [-0.05, 0) is 70.5 Å². The first-order chi connectivity index (χ1) is 15.0. The normalized spacial score (nSPS) is 10.8. The van der Waals surface area contributed by atoms with Crippen LogP contribution in [0.5, 0.6) is 0 Å². The van der Waals surface area contributed by atoms with Crippen molar-refractivity contribution in [1.29, 1.82) is 0 Å². The lowest BCUT2D eigenvalue weighted by Gasteiger charge is -2.11. The van der Waals surface area contributed by atoms with Gasteiger partial charge in [-0.2, -0.15) is 0 Å². The molecule has 0 radical (unpaired) electrons. The molecule has 0 saturated carbocycles. The summed E-state index contributed by atoms with van der Waals surface area (Å²) in [6.45, 7) is 0. The smallest absolute Gasteiger partial charge is 0.234 e. The number of hydrogen-bond donors (Lipinski definition) is 1. The summed E-state index contributed by atoms with van der Waals surface area (Å²) in [6, 6.07) is 22.8. The van der Waals surface area contributed by atoms with E-state index in [-0.39, 0.29) is 11.7 Å². The average Bonchev–Trinajstić information content (AvgIpc) is 3.19. The minimum atomic E-state index is -0.135. The fourth-order valence-electron chi connectivity index (χ4n) is 2.87. The van der Waals surface area contributed by atoms with Gasteiger partial charge in [0.05, 0.1) is 11.4 Å². The van der Waals surface area contributed by atoms with Crippen LogP contribution in [0.1, 0.15) is 0 Å². The summed E-state index contributed by atoms with van der Waals surface area (Å²) < 4.78 is 3.67. The van der Waals surface area contributed by atoms with Crippen LogP contribution in [0.15, 0.2) is 86.9 Å². The van der Waals surface area contributed by atoms with E-state index >= 15 is 0 Å². The third kappa shape index (κ3) is 5.38. The average molecular weight is 579 g/mol. The van der Waals surface area contributed by atoms with Crippen molar-refractivity contribution in [3.63, 3.8) is 0 Å². The first-order valence-electron chi connectivity index (χ1n) is 9.16. The van der Waals surface area contributed by atoms with Gasteiger partial charge < -0.3 is 5.32 Å². The maximum absolute atomic E-state index is 12.5. The van der Waals surface area contributed by atoms with Crippen molar-refractivity contribution in [2.24, 2.45) is 0 Å². The molecule has 4 aromatic rings. The van der Waals surface area contributed by atoms with Gasteiger partial charge in [-0.15, -0.1) is 10.2 Å². The summed E-state index contributed by atoms with van der Waals surface area (Å²) in [7, 11) is 0. The van der Waals surface area contributed by atoms with Gasteiger partial charge in [0.1, 0.15) is 0 Å². The van der Waals surface area contributed by atoms with Gasteiger partial charge >= 0.3 is 0 Å². The number of aromatic nitrogens is 3. The topological polar surface area (TPSA) is 59.8 Å². The zero-order valence-corrected chi connectivity index (χ0v) is 20.7. The van der Waals surface area contributed by atoms with Crippen LogP contribution >= 0.6 is 55.2 Å². The second-order valence-corrected chi connectivity index (χ2v) is 9.59. The number of nitrogens with zero attached hydrogens (tertiary/aromatic N) is 3. The van der Waals surface area contributed by atoms with Gasteiger partial charge in [-0.3, -0.25) is 9.36 Å². The lowest BCUT2D eigenvalue weighted by atomic mass is 10.2. The molecule has 0 fully saturated rings. The molecule has 0 bridgehead atoms. The van der Waals surface area contributed by atoms with Crippen molar-refractivity contribution >= 4 is 66.8 Å². The Balaban J connectivity index is 1.58. The summed E-state index contributed by atoms with van der Waals surface area (Å²) in [5.74, 6) is 0.735. The Morgan fingerprint density at radius 2 is 1.74 bits per heavy atom. The fourth-order valence-corrected chi connectivity index (χ4v) is 4.89. The molecule has 0 saturated heterocycles. The van der Waals surface area contributed by atoms with Crippen molar-refractivity contribution in [2.45, 2.75) is 5.16 Å². The Kier molecular flexibility index (Phi) is 7.12. The van der Waals surface area contributed by atoms with E-state index in [1.165, 1.54) is 11.8 Å². The number of benzene rings is 3. The summed E-state index contributed by atoms with van der Waals surface area (Å²) in [5, 5.41) is 12.9. The Bertz CT molecular complexity index is 1220. The Labute approximate surface area is 205 Å². The highest BCUT2D eigenvalue weighted by Crippen LogP contribution is 2.30. The monoisotopic (exact) mass is 576 g/mol. The van der Waals surface area contributed by atoms with E-state index in [1.807, 2.05) is 77.4 Å². The molecule has 1 amide bonds. The molecule has 4 rings (SSSR count). The van der Waals surface area contributed by atoms with Gasteiger partial charge in [0.15, 0.2) is 11.0 Å². The minimum absolute atomic E-state index is 0.135. The van der Waals surface area contributed by atoms with Crippen molar-refractivity contribution in [2.75, 3.05) is 11.1 Å². The Morgan fingerprint density at radius 1 is 1.00 bits per heavy atom. The number of carbonyl (C=O) groups is 1. The summed E-state index contributed by atoms with van der Waals surface area (Å²) in [6.07, 6.45) is 0. The number of nitrogens with one attached hydrogen (secondary N) is 1. The van der Waals surface area contributed by atoms with Crippen LogP contribution in [-0.2, 0) is 4.79 Å². The third-order valence-corrected chi connectivity index (χ3v) is 6.62. The first-order valence-corrected chi connectivity index (χ1v) is 12.1. The molecule has 1 aromatic heterocycles. The zero-order chi connectivity index (χ0) is 21.8. The van der Waals surface area contributed by atoms with Crippen molar-refractivity contribution in [1.82, 2.24) is 14.8 Å². The maximum atomic E-state index is 12.5. The van der Waals surface area contributed by atoms with Crippen LogP contribution < -0.4 is 5.32 Å². The van der Waals surface area contributed by atoms with Crippen LogP contribution in [-0.4, -0.2) is 26.4 Å². The molecule has 0 atom stereocenters. The molecule has 0 aliphatic carbocycles. The second-order valence-electron chi connectivity index (χ2n) is 6.45. The van der Waals surface area contributed by atoms with Crippen LogP contribution in [0.3, 0.4) is 0 Å². The van der Waals surface area contributed by atoms with Crippen LogP contribution in [0.4, 0.5) is 5.69 Å². The molecule has 0 aliphatic rings. The SMILES string of the molecule is O=C(CSc1nnc(-c2ccc(Cl)cc2)n1-c1ccccc1)Nc1ccc(Br)cc1Br. The summed E-state index contributed by atoms with van der Waals surface area (Å²) in [5.41, 5.74) is 2.51. The molecular formula is C22H15Br2ClN4OS. The predicted octanol–water partition coefficient (Wildman–Crippen LogP) is 6.84. The van der Waals surface area contributed by atoms with Gasteiger partial charge in [-0.1, -0.05) is 57.5 Å². The highest BCUT2D eigenvalue weighted by atomic mass is 79.9. The standard InChI is InChI=1S/C22H15Br2ClN4OS/c23-15-8-11-19(18(24)12-15)26-20(30)13-31-22-28-27-21(14-6-9-16(25)10-7-14)29(22)17-4-2-1-3-5-17/h1-12H,13H2,(H,26,30). The number of anilines is 1. The van der Waals surface area contributed by atoms with Gasteiger partial charge in [0, 0.05) is 25.2 Å². The van der Waals surface area contributed by atoms with Crippen molar-refractivity contribution < 1.29 is 4.79 Å². The van der Waals surface area contributed by atoms with E-state index in [2.05, 4.69) is 47.4 Å². The molecule has 5 nitrogen and oxygen atoms in total. The molecule has 0 unspecified atom stereocenters. The number of carbonyl (C=O) groups excluding carboxylic acids is 1. The van der Waals surface area contributed by atoms with E-state index < -0.39 is 0 Å². The van der Waals surface area contributed by atoms with Crippen LogP contribution in [0, 0.1) is 0 Å². The van der Waals surface area contributed by atoms with E-state index in [4.69, 9.17) is 11.6 Å². The van der Waals surface area contributed by atoms with Gasteiger partial charge in [-0.25, -0.2) is 0 Å². The summed E-state index contributed by atoms with van der Waals surface area (Å²) in [4.78, 5) is 12.5. The number of halogens is 3. The van der Waals surface area contributed by atoms with Crippen LogP contribution in [0.2, 0.25) is 5.02 Å². The van der Waals surface area contributed by atoms with E-state index in [0.29, 0.717) is 21.7 Å². The van der Waals surface area contributed by atoms with E-state index in [9.17, 15) is 4.79 Å². The number of rotatable bonds is 6. The molecule has 1 N–H and O–H groups in total. The van der Waals surface area contributed by atoms with Gasteiger partial charge in [0.2, 0.25) is 5.91 Å². The fraction of sp³-hybridized carbons (Fsp3) is 0.0455. The molecule has 9 heteroatoms. The Hall–Kier alpha value is -2.13. The third-order valence-electron chi connectivity index (χ3n) is 4.29. The second kappa shape index (κ2) is 9.99. The lowest BCUT2D eigenvalue weighted by molar-refractivity contribution is -0.113. The van der Waals surface area contributed by atoms with E-state index in [0.717, 1.165) is 20.2 Å². The number of hydrogen-bond acceptors (Lipinski definition) is 4. The Morgan fingerprint density at radius 3 is 2.45 bits per heavy atom. The van der Waals surface area contributed by atoms with Crippen molar-refractivity contribution in [3.8, 4) is 17.1 Å².